The van der Waals surface area contributed by atoms with Crippen LogP contribution in [-0.4, -0.2) is 68.6 Å². The van der Waals surface area contributed by atoms with Gasteiger partial charge in [-0.25, -0.2) is 15.0 Å². The summed E-state index contributed by atoms with van der Waals surface area (Å²) in [5.74, 6) is 0.897. The number of alkyl halides is 3. The molecule has 12 heteroatoms. The largest absolute Gasteiger partial charge is 0.435 e. The van der Waals surface area contributed by atoms with E-state index in [0.29, 0.717) is 61.1 Å². The molecule has 0 spiro atoms. The van der Waals surface area contributed by atoms with Crippen molar-refractivity contribution >= 4 is 16.9 Å². The lowest BCUT2D eigenvalue weighted by Crippen LogP contribution is -2.44. The molecule has 4 aromatic rings. The summed E-state index contributed by atoms with van der Waals surface area (Å²) >= 11 is 0. The van der Waals surface area contributed by atoms with Crippen LogP contribution in [0.4, 0.5) is 19.0 Å². The number of ether oxygens (including phenoxy) is 1. The maximum absolute atomic E-state index is 14.4. The van der Waals surface area contributed by atoms with Crippen LogP contribution in [0.15, 0.2) is 30.6 Å². The molecule has 0 saturated carbocycles. The molecule has 9 nitrogen and oxygen atoms in total. The first-order chi connectivity index (χ1) is 18.3. The molecule has 0 aliphatic carbocycles. The Balaban J connectivity index is 1.57. The van der Waals surface area contributed by atoms with Crippen LogP contribution in [0.3, 0.4) is 0 Å². The minimum absolute atomic E-state index is 0.00112. The van der Waals surface area contributed by atoms with E-state index in [4.69, 9.17) is 14.7 Å². The number of fused-ring (bicyclic) bond motifs is 1. The fraction of sp³-hybridized carbons (Fsp3) is 0.462. The van der Waals surface area contributed by atoms with E-state index in [1.165, 1.54) is 0 Å². The zero-order valence-electron chi connectivity index (χ0n) is 21.2. The summed E-state index contributed by atoms with van der Waals surface area (Å²) in [5.41, 5.74) is 1.09. The van der Waals surface area contributed by atoms with Crippen LogP contribution >= 0.6 is 0 Å². The highest BCUT2D eigenvalue weighted by Gasteiger charge is 2.40. The molecule has 2 aliphatic heterocycles. The van der Waals surface area contributed by atoms with Gasteiger partial charge in [0, 0.05) is 41.6 Å². The number of anilines is 1. The van der Waals surface area contributed by atoms with Gasteiger partial charge in [0.25, 0.3) is 0 Å². The number of hydrogen-bond donors (Lipinski definition) is 2. The van der Waals surface area contributed by atoms with Crippen molar-refractivity contribution in [2.75, 3.05) is 37.7 Å². The number of pyridine rings is 1. The van der Waals surface area contributed by atoms with Crippen LogP contribution < -0.4 is 10.2 Å². The molecule has 0 radical (unpaired) electrons. The molecule has 1 atom stereocenters. The molecule has 2 N–H and O–H groups in total. The average molecular weight is 527 g/mol. The molecule has 2 fully saturated rings. The third-order valence-corrected chi connectivity index (χ3v) is 7.40. The second kappa shape index (κ2) is 9.66. The van der Waals surface area contributed by atoms with Crippen molar-refractivity contribution in [1.82, 2.24) is 35.0 Å². The molecule has 0 amide bonds. The normalized spacial score (nSPS) is 19.4. The molecule has 0 bridgehead atoms. The summed E-state index contributed by atoms with van der Waals surface area (Å²) in [6.07, 6.45) is 0.203. The van der Waals surface area contributed by atoms with Crippen molar-refractivity contribution in [1.29, 1.82) is 0 Å². The lowest BCUT2D eigenvalue weighted by Gasteiger charge is -2.34. The van der Waals surface area contributed by atoms with Crippen LogP contribution in [0, 0.1) is 6.92 Å². The standard InChI is InChI=1S/C26H29F3N8O/c1-15-14-38-12-11-36(15)21-13-20(33-25(34-21)19-6-10-32-24-18(19)5-9-31-24)22-16(2)37(17-3-7-30-8-4-17)35-23(22)26(27,28)29/h5-6,9-10,13,15,17,30H,3-4,7-8,11-12,14H2,1-2H3,(H,31,32)/t15-/m1/s1. The van der Waals surface area contributed by atoms with E-state index in [9.17, 15) is 13.2 Å². The van der Waals surface area contributed by atoms with Gasteiger partial charge in [-0.1, -0.05) is 0 Å². The Morgan fingerprint density at radius 3 is 2.71 bits per heavy atom. The molecular weight excluding hydrogens is 497 g/mol. The highest BCUT2D eigenvalue weighted by Crippen LogP contribution is 2.41. The van der Waals surface area contributed by atoms with Gasteiger partial charge in [0.1, 0.15) is 11.5 Å². The number of piperidine rings is 1. The number of rotatable bonds is 4. The van der Waals surface area contributed by atoms with Crippen LogP contribution in [0.1, 0.15) is 37.2 Å². The van der Waals surface area contributed by atoms with E-state index >= 15 is 0 Å². The van der Waals surface area contributed by atoms with Crippen LogP contribution in [0.5, 0.6) is 0 Å². The Kier molecular flexibility index (Phi) is 6.31. The average Bonchev–Trinajstić information content (AvgIpc) is 3.53. The molecular formula is C26H29F3N8O. The minimum atomic E-state index is -4.64. The summed E-state index contributed by atoms with van der Waals surface area (Å²) < 4.78 is 50.4. The van der Waals surface area contributed by atoms with Gasteiger partial charge in [-0.15, -0.1) is 0 Å². The second-order valence-corrected chi connectivity index (χ2v) is 9.88. The summed E-state index contributed by atoms with van der Waals surface area (Å²) in [6.45, 7) is 6.79. The monoisotopic (exact) mass is 526 g/mol. The van der Waals surface area contributed by atoms with E-state index in [2.05, 4.69) is 25.3 Å². The zero-order chi connectivity index (χ0) is 26.4. The first-order valence-corrected chi connectivity index (χ1v) is 12.8. The number of halogens is 3. The highest BCUT2D eigenvalue weighted by atomic mass is 19.4. The van der Waals surface area contributed by atoms with E-state index in [1.807, 2.05) is 13.0 Å². The van der Waals surface area contributed by atoms with E-state index in [0.717, 1.165) is 18.5 Å². The number of H-pyrrole nitrogens is 1. The van der Waals surface area contributed by atoms with Crippen molar-refractivity contribution in [3.63, 3.8) is 0 Å². The third-order valence-electron chi connectivity index (χ3n) is 7.40. The topological polar surface area (TPSA) is 96.8 Å². The van der Waals surface area contributed by atoms with Gasteiger partial charge < -0.3 is 19.9 Å². The van der Waals surface area contributed by atoms with Crippen LogP contribution in [-0.2, 0) is 10.9 Å². The van der Waals surface area contributed by atoms with Gasteiger partial charge >= 0.3 is 6.18 Å². The summed E-state index contributed by atoms with van der Waals surface area (Å²) in [5, 5.41) is 8.20. The maximum Gasteiger partial charge on any atom is 0.435 e. The number of nitrogens with zero attached hydrogens (tertiary/aromatic N) is 6. The molecule has 6 heterocycles. The highest BCUT2D eigenvalue weighted by molar-refractivity contribution is 5.91. The Morgan fingerprint density at radius 2 is 1.95 bits per heavy atom. The zero-order valence-corrected chi connectivity index (χ0v) is 21.2. The van der Waals surface area contributed by atoms with E-state index in [-0.39, 0.29) is 23.3 Å². The van der Waals surface area contributed by atoms with Gasteiger partial charge in [0.05, 0.1) is 36.6 Å². The summed E-state index contributed by atoms with van der Waals surface area (Å²) in [4.78, 5) is 19.1. The van der Waals surface area contributed by atoms with Crippen molar-refractivity contribution in [3.8, 4) is 22.6 Å². The molecule has 4 aromatic heterocycles. The minimum Gasteiger partial charge on any atom is -0.377 e. The predicted octanol–water partition coefficient (Wildman–Crippen LogP) is 4.36. The Morgan fingerprint density at radius 1 is 1.13 bits per heavy atom. The number of aromatic nitrogens is 6. The fourth-order valence-electron chi connectivity index (χ4n) is 5.48. The summed E-state index contributed by atoms with van der Waals surface area (Å²) in [6, 6.07) is 5.22. The van der Waals surface area contributed by atoms with Gasteiger partial charge in [-0.05, 0) is 51.9 Å². The van der Waals surface area contributed by atoms with Crippen molar-refractivity contribution < 1.29 is 17.9 Å². The number of nitrogens with one attached hydrogen (secondary N) is 2. The fourth-order valence-corrected chi connectivity index (χ4v) is 5.48. The number of aromatic amines is 1. The van der Waals surface area contributed by atoms with Crippen LogP contribution in [0.25, 0.3) is 33.7 Å². The lowest BCUT2D eigenvalue weighted by molar-refractivity contribution is -0.141. The molecule has 2 saturated heterocycles. The molecule has 2 aliphatic rings. The Hall–Kier alpha value is -3.51. The number of morpholine rings is 1. The van der Waals surface area contributed by atoms with Gasteiger partial charge in [0.2, 0.25) is 0 Å². The third kappa shape index (κ3) is 4.41. The molecule has 200 valence electrons. The van der Waals surface area contributed by atoms with Gasteiger partial charge in [-0.3, -0.25) is 4.68 Å². The van der Waals surface area contributed by atoms with E-state index < -0.39 is 11.9 Å². The summed E-state index contributed by atoms with van der Waals surface area (Å²) in [7, 11) is 0. The smallest absolute Gasteiger partial charge is 0.377 e. The molecule has 6 rings (SSSR count). The SMILES string of the molecule is Cc1c(-c2cc(N3CCOC[C@H]3C)nc(-c3ccnc4[nH]ccc34)n2)c(C(F)(F)F)nn1C1CCNCC1. The van der Waals surface area contributed by atoms with Crippen molar-refractivity contribution in [2.45, 2.75) is 44.9 Å². The number of hydrogen-bond acceptors (Lipinski definition) is 7. The van der Waals surface area contributed by atoms with Crippen molar-refractivity contribution in [2.24, 2.45) is 0 Å². The first-order valence-electron chi connectivity index (χ1n) is 12.8. The van der Waals surface area contributed by atoms with Crippen molar-refractivity contribution in [3.05, 3.63) is 42.0 Å². The molecule has 38 heavy (non-hydrogen) atoms. The van der Waals surface area contributed by atoms with E-state index in [1.54, 1.807) is 36.1 Å². The lowest BCUT2D eigenvalue weighted by atomic mass is 10.0. The predicted molar refractivity (Wildman–Crippen MR) is 137 cm³/mol. The Bertz CT molecular complexity index is 1460. The molecule has 0 unspecified atom stereocenters. The van der Waals surface area contributed by atoms with Gasteiger partial charge in [-0.2, -0.15) is 18.3 Å². The maximum atomic E-state index is 14.4. The van der Waals surface area contributed by atoms with Crippen LogP contribution in [0.2, 0.25) is 0 Å². The molecule has 0 aromatic carbocycles. The van der Waals surface area contributed by atoms with Gasteiger partial charge in [0.15, 0.2) is 11.5 Å². The quantitative estimate of drug-likeness (QED) is 0.408. The Labute approximate surface area is 217 Å². The second-order valence-electron chi connectivity index (χ2n) is 9.88. The first kappa shape index (κ1) is 24.8.